The predicted molar refractivity (Wildman–Crippen MR) is 83.6 cm³/mol. The van der Waals surface area contributed by atoms with Crippen LogP contribution in [-0.2, 0) is 0 Å². The van der Waals surface area contributed by atoms with Crippen LogP contribution in [0.25, 0.3) is 0 Å². The van der Waals surface area contributed by atoms with Gasteiger partial charge in [0.25, 0.3) is 0 Å². The maximum absolute atomic E-state index is 12.4. The number of carbonyl (C=O) groups excluding carboxylic acids is 1. The maximum Gasteiger partial charge on any atom is 0.310 e. The summed E-state index contributed by atoms with van der Waals surface area (Å²) in [6.07, 6.45) is 0. The Morgan fingerprint density at radius 3 is 2.32 bits per heavy atom. The van der Waals surface area contributed by atoms with Crippen LogP contribution in [-0.4, -0.2) is 17.3 Å². The van der Waals surface area contributed by atoms with Crippen molar-refractivity contribution in [3.63, 3.8) is 0 Å². The second-order valence-electron chi connectivity index (χ2n) is 5.21. The summed E-state index contributed by atoms with van der Waals surface area (Å²) in [5.41, 5.74) is 3.32. The number of benzene rings is 2. The van der Waals surface area contributed by atoms with Gasteiger partial charge in [-0.15, -0.1) is 0 Å². The standard InChI is InChI=1S/C17H17NO4/c1-11-8-12(2)17(13(3)9-11)15(19)10-22-16-7-5-4-6-14(16)18(20)21/h4-9H,10H2,1-3H3. The van der Waals surface area contributed by atoms with Crippen molar-refractivity contribution >= 4 is 11.5 Å². The number of Topliss-reactive ketones (excluding diaryl/α,β-unsaturated/α-hetero) is 1. The fourth-order valence-electron chi connectivity index (χ4n) is 2.57. The van der Waals surface area contributed by atoms with Crippen LogP contribution in [0, 0.1) is 30.9 Å². The van der Waals surface area contributed by atoms with Gasteiger partial charge < -0.3 is 4.74 Å². The van der Waals surface area contributed by atoms with Gasteiger partial charge in [-0.25, -0.2) is 0 Å². The molecule has 0 spiro atoms. The van der Waals surface area contributed by atoms with E-state index >= 15 is 0 Å². The number of rotatable bonds is 5. The Morgan fingerprint density at radius 1 is 1.14 bits per heavy atom. The van der Waals surface area contributed by atoms with E-state index in [2.05, 4.69) is 0 Å². The molecule has 0 saturated heterocycles. The molecule has 2 aromatic carbocycles. The second-order valence-corrected chi connectivity index (χ2v) is 5.21. The number of ether oxygens (including phenoxy) is 1. The van der Waals surface area contributed by atoms with Crippen molar-refractivity contribution < 1.29 is 14.5 Å². The molecule has 0 aliphatic heterocycles. The number of nitro groups is 1. The molecule has 0 fully saturated rings. The first-order valence-corrected chi connectivity index (χ1v) is 6.87. The average molecular weight is 299 g/mol. The number of nitro benzene ring substituents is 1. The number of hydrogen-bond acceptors (Lipinski definition) is 4. The summed E-state index contributed by atoms with van der Waals surface area (Å²) in [6, 6.07) is 9.90. The van der Waals surface area contributed by atoms with E-state index in [1.165, 1.54) is 12.1 Å². The third kappa shape index (κ3) is 3.31. The van der Waals surface area contributed by atoms with Gasteiger partial charge >= 0.3 is 5.69 Å². The van der Waals surface area contributed by atoms with E-state index in [0.717, 1.165) is 16.7 Å². The van der Waals surface area contributed by atoms with E-state index in [1.54, 1.807) is 12.1 Å². The molecule has 0 unspecified atom stereocenters. The molecule has 0 amide bonds. The molecule has 0 N–H and O–H groups in total. The first-order valence-electron chi connectivity index (χ1n) is 6.87. The molecular formula is C17H17NO4. The van der Waals surface area contributed by atoms with Crippen LogP contribution in [0.1, 0.15) is 27.0 Å². The maximum atomic E-state index is 12.4. The number of nitrogens with zero attached hydrogens (tertiary/aromatic N) is 1. The van der Waals surface area contributed by atoms with Crippen molar-refractivity contribution in [2.45, 2.75) is 20.8 Å². The Morgan fingerprint density at radius 2 is 1.73 bits per heavy atom. The quantitative estimate of drug-likeness (QED) is 0.478. The fraction of sp³-hybridized carbons (Fsp3) is 0.235. The molecule has 0 radical (unpaired) electrons. The smallest absolute Gasteiger partial charge is 0.310 e. The summed E-state index contributed by atoms with van der Waals surface area (Å²) in [4.78, 5) is 22.8. The minimum atomic E-state index is -0.526. The molecule has 0 aliphatic rings. The minimum Gasteiger partial charge on any atom is -0.478 e. The first kappa shape index (κ1) is 15.7. The molecule has 2 rings (SSSR count). The molecule has 0 aromatic heterocycles. The van der Waals surface area contributed by atoms with Crippen molar-refractivity contribution in [1.29, 1.82) is 0 Å². The van der Waals surface area contributed by atoms with Gasteiger partial charge in [0.05, 0.1) is 4.92 Å². The Bertz CT molecular complexity index is 714. The van der Waals surface area contributed by atoms with Crippen LogP contribution in [0.2, 0.25) is 0 Å². The summed E-state index contributed by atoms with van der Waals surface area (Å²) in [5, 5.41) is 10.9. The molecule has 0 atom stereocenters. The zero-order valence-corrected chi connectivity index (χ0v) is 12.8. The lowest BCUT2D eigenvalue weighted by Crippen LogP contribution is -2.15. The van der Waals surface area contributed by atoms with Crippen LogP contribution in [0.3, 0.4) is 0 Å². The van der Waals surface area contributed by atoms with E-state index in [4.69, 9.17) is 4.74 Å². The van der Waals surface area contributed by atoms with Crippen molar-refractivity contribution in [2.75, 3.05) is 6.61 Å². The summed E-state index contributed by atoms with van der Waals surface area (Å²) >= 11 is 0. The molecule has 5 heteroatoms. The van der Waals surface area contributed by atoms with Crippen LogP contribution in [0.5, 0.6) is 5.75 Å². The number of aryl methyl sites for hydroxylation is 3. The van der Waals surface area contributed by atoms with E-state index in [-0.39, 0.29) is 23.8 Å². The molecule has 22 heavy (non-hydrogen) atoms. The highest BCUT2D eigenvalue weighted by Gasteiger charge is 2.17. The minimum absolute atomic E-state index is 0.100. The number of hydrogen-bond donors (Lipinski definition) is 0. The van der Waals surface area contributed by atoms with Crippen LogP contribution in [0.4, 0.5) is 5.69 Å². The van der Waals surface area contributed by atoms with Crippen molar-refractivity contribution in [3.05, 3.63) is 68.8 Å². The van der Waals surface area contributed by atoms with Gasteiger partial charge in [0.2, 0.25) is 5.78 Å². The van der Waals surface area contributed by atoms with E-state index in [9.17, 15) is 14.9 Å². The lowest BCUT2D eigenvalue weighted by Gasteiger charge is -2.11. The monoisotopic (exact) mass is 299 g/mol. The third-order valence-corrected chi connectivity index (χ3v) is 3.38. The van der Waals surface area contributed by atoms with Crippen LogP contribution >= 0.6 is 0 Å². The molecule has 114 valence electrons. The fourth-order valence-corrected chi connectivity index (χ4v) is 2.57. The average Bonchev–Trinajstić information content (AvgIpc) is 2.44. The molecule has 0 bridgehead atoms. The molecule has 5 nitrogen and oxygen atoms in total. The number of carbonyl (C=O) groups is 1. The summed E-state index contributed by atoms with van der Waals surface area (Å²) in [5.74, 6) is -0.0866. The second kappa shape index (κ2) is 6.39. The first-order chi connectivity index (χ1) is 10.4. The normalized spacial score (nSPS) is 10.3. The summed E-state index contributed by atoms with van der Waals surface area (Å²) in [6.45, 7) is 5.49. The van der Waals surface area contributed by atoms with Crippen molar-refractivity contribution in [1.82, 2.24) is 0 Å². The van der Waals surface area contributed by atoms with Crippen LogP contribution < -0.4 is 4.74 Å². The highest BCUT2D eigenvalue weighted by molar-refractivity contribution is 6.00. The van der Waals surface area contributed by atoms with Crippen molar-refractivity contribution in [2.24, 2.45) is 0 Å². The van der Waals surface area contributed by atoms with Crippen molar-refractivity contribution in [3.8, 4) is 5.75 Å². The van der Waals surface area contributed by atoms with Gasteiger partial charge in [0.1, 0.15) is 0 Å². The molecule has 0 aliphatic carbocycles. The summed E-state index contributed by atoms with van der Waals surface area (Å²) in [7, 11) is 0. The SMILES string of the molecule is Cc1cc(C)c(C(=O)COc2ccccc2[N+](=O)[O-])c(C)c1. The highest BCUT2D eigenvalue weighted by atomic mass is 16.6. The van der Waals surface area contributed by atoms with Crippen LogP contribution in [0.15, 0.2) is 36.4 Å². The van der Waals surface area contributed by atoms with Gasteiger partial charge in [-0.3, -0.25) is 14.9 Å². The predicted octanol–water partition coefficient (Wildman–Crippen LogP) is 3.78. The van der Waals surface area contributed by atoms with Gasteiger partial charge in [-0.2, -0.15) is 0 Å². The van der Waals surface area contributed by atoms with Gasteiger partial charge in [-0.1, -0.05) is 29.8 Å². The Kier molecular flexibility index (Phi) is 4.56. The summed E-state index contributed by atoms with van der Waals surface area (Å²) < 4.78 is 5.36. The lowest BCUT2D eigenvalue weighted by molar-refractivity contribution is -0.385. The van der Waals surface area contributed by atoms with E-state index in [1.807, 2.05) is 32.9 Å². The Labute approximate surface area is 128 Å². The zero-order valence-electron chi connectivity index (χ0n) is 12.8. The number of para-hydroxylation sites is 2. The largest absolute Gasteiger partial charge is 0.478 e. The van der Waals surface area contributed by atoms with Gasteiger partial charge in [0, 0.05) is 11.6 Å². The Hall–Kier alpha value is -2.69. The van der Waals surface area contributed by atoms with E-state index < -0.39 is 4.92 Å². The Balaban J connectivity index is 2.20. The van der Waals surface area contributed by atoms with E-state index in [0.29, 0.717) is 5.56 Å². The topological polar surface area (TPSA) is 69.4 Å². The highest BCUT2D eigenvalue weighted by Crippen LogP contribution is 2.26. The lowest BCUT2D eigenvalue weighted by atomic mass is 9.97. The zero-order chi connectivity index (χ0) is 16.3. The third-order valence-electron chi connectivity index (χ3n) is 3.38. The van der Waals surface area contributed by atoms with Gasteiger partial charge in [0.15, 0.2) is 12.4 Å². The molecule has 0 saturated carbocycles. The molecular weight excluding hydrogens is 282 g/mol. The van der Waals surface area contributed by atoms with Gasteiger partial charge in [-0.05, 0) is 38.0 Å². The molecule has 0 heterocycles. The molecule has 2 aromatic rings. The number of ketones is 1.